The number of phenolic OH excluding ortho intramolecular Hbond substituents is 1. The van der Waals surface area contributed by atoms with Gasteiger partial charge in [-0.25, -0.2) is 0 Å². The summed E-state index contributed by atoms with van der Waals surface area (Å²) in [7, 11) is 0. The normalized spacial score (nSPS) is 14.5. The van der Waals surface area contributed by atoms with Crippen LogP contribution < -0.4 is 5.32 Å². The summed E-state index contributed by atoms with van der Waals surface area (Å²) in [6.07, 6.45) is 2.07. The zero-order valence-corrected chi connectivity index (χ0v) is 10.7. The van der Waals surface area contributed by atoms with Gasteiger partial charge < -0.3 is 15.5 Å². The lowest BCUT2D eigenvalue weighted by Crippen LogP contribution is -2.20. The number of rotatable bonds is 7. The van der Waals surface area contributed by atoms with E-state index in [2.05, 4.69) is 5.32 Å². The maximum Gasteiger partial charge on any atom is 0.120 e. The lowest BCUT2D eigenvalue weighted by atomic mass is 10.1. The second kappa shape index (κ2) is 7.30. The highest BCUT2D eigenvalue weighted by molar-refractivity contribution is 5.33. The lowest BCUT2D eigenvalue weighted by molar-refractivity contribution is 0.227. The summed E-state index contributed by atoms with van der Waals surface area (Å²) in [5.41, 5.74) is 0.933. The highest BCUT2D eigenvalue weighted by atomic mass is 16.3. The van der Waals surface area contributed by atoms with E-state index in [1.165, 1.54) is 0 Å². The third kappa shape index (κ3) is 4.75. The Bertz CT molecular complexity index is 328. The molecular weight excluding hydrogens is 214 g/mol. The SMILES string of the molecule is CC(CO)CCCNC(C)c1ccccc1O. The number of aromatic hydroxyl groups is 1. The topological polar surface area (TPSA) is 52.5 Å². The van der Waals surface area contributed by atoms with E-state index in [1.54, 1.807) is 6.07 Å². The van der Waals surface area contributed by atoms with E-state index in [4.69, 9.17) is 5.11 Å². The summed E-state index contributed by atoms with van der Waals surface area (Å²) < 4.78 is 0. The number of hydrogen-bond donors (Lipinski definition) is 3. The fraction of sp³-hybridized carbons (Fsp3) is 0.571. The van der Waals surface area contributed by atoms with Crippen molar-refractivity contribution >= 4 is 0 Å². The molecule has 3 nitrogen and oxygen atoms in total. The van der Waals surface area contributed by atoms with E-state index in [-0.39, 0.29) is 12.6 Å². The van der Waals surface area contributed by atoms with Crippen LogP contribution in [0.2, 0.25) is 0 Å². The highest BCUT2D eigenvalue weighted by Gasteiger charge is 2.08. The molecule has 1 aromatic carbocycles. The van der Waals surface area contributed by atoms with Crippen LogP contribution in [0.5, 0.6) is 5.75 Å². The highest BCUT2D eigenvalue weighted by Crippen LogP contribution is 2.22. The van der Waals surface area contributed by atoms with E-state index < -0.39 is 0 Å². The van der Waals surface area contributed by atoms with Gasteiger partial charge in [-0.1, -0.05) is 25.1 Å². The molecule has 0 heterocycles. The van der Waals surface area contributed by atoms with E-state index >= 15 is 0 Å². The van der Waals surface area contributed by atoms with Crippen molar-refractivity contribution in [2.24, 2.45) is 5.92 Å². The molecule has 17 heavy (non-hydrogen) atoms. The summed E-state index contributed by atoms with van der Waals surface area (Å²) in [6, 6.07) is 7.56. The third-order valence-corrected chi connectivity index (χ3v) is 3.04. The molecule has 0 saturated heterocycles. The van der Waals surface area contributed by atoms with Crippen molar-refractivity contribution in [3.63, 3.8) is 0 Å². The predicted molar refractivity (Wildman–Crippen MR) is 70.0 cm³/mol. The smallest absolute Gasteiger partial charge is 0.120 e. The first-order valence-electron chi connectivity index (χ1n) is 6.27. The Hall–Kier alpha value is -1.06. The molecule has 0 aliphatic heterocycles. The van der Waals surface area contributed by atoms with Crippen LogP contribution in [0.4, 0.5) is 0 Å². The molecule has 0 aromatic heterocycles. The largest absolute Gasteiger partial charge is 0.508 e. The molecule has 0 radical (unpaired) electrons. The van der Waals surface area contributed by atoms with Gasteiger partial charge in [0.05, 0.1) is 0 Å². The average Bonchev–Trinajstić information content (AvgIpc) is 2.34. The van der Waals surface area contributed by atoms with Gasteiger partial charge in [0.25, 0.3) is 0 Å². The Morgan fingerprint density at radius 3 is 2.59 bits per heavy atom. The van der Waals surface area contributed by atoms with E-state index in [1.807, 2.05) is 32.0 Å². The maximum atomic E-state index is 9.69. The second-order valence-electron chi connectivity index (χ2n) is 4.66. The minimum absolute atomic E-state index is 0.153. The van der Waals surface area contributed by atoms with Gasteiger partial charge in [0.2, 0.25) is 0 Å². The molecular formula is C14H23NO2. The maximum absolute atomic E-state index is 9.69. The molecule has 0 spiro atoms. The predicted octanol–water partition coefficient (Wildman–Crippen LogP) is 2.45. The first-order chi connectivity index (χ1) is 8.15. The van der Waals surface area contributed by atoms with Crippen molar-refractivity contribution < 1.29 is 10.2 Å². The first-order valence-corrected chi connectivity index (χ1v) is 6.27. The number of benzene rings is 1. The van der Waals surface area contributed by atoms with Crippen LogP contribution >= 0.6 is 0 Å². The van der Waals surface area contributed by atoms with Crippen molar-refractivity contribution in [1.82, 2.24) is 5.32 Å². The van der Waals surface area contributed by atoms with Crippen LogP contribution in [-0.2, 0) is 0 Å². The fourth-order valence-electron chi connectivity index (χ4n) is 1.82. The van der Waals surface area contributed by atoms with Gasteiger partial charge in [0.15, 0.2) is 0 Å². The summed E-state index contributed by atoms with van der Waals surface area (Å²) in [5.74, 6) is 0.716. The number of hydrogen-bond acceptors (Lipinski definition) is 3. The van der Waals surface area contributed by atoms with Gasteiger partial charge >= 0.3 is 0 Å². The fourth-order valence-corrected chi connectivity index (χ4v) is 1.82. The molecule has 0 fully saturated rings. The summed E-state index contributed by atoms with van der Waals surface area (Å²) in [4.78, 5) is 0. The quantitative estimate of drug-likeness (QED) is 0.638. The van der Waals surface area contributed by atoms with Crippen molar-refractivity contribution in [1.29, 1.82) is 0 Å². The van der Waals surface area contributed by atoms with Crippen LogP contribution in [0.1, 0.15) is 38.3 Å². The molecule has 1 rings (SSSR count). The Labute approximate surface area is 103 Å². The second-order valence-corrected chi connectivity index (χ2v) is 4.66. The van der Waals surface area contributed by atoms with Crippen LogP contribution in [0, 0.1) is 5.92 Å². The average molecular weight is 237 g/mol. The zero-order valence-electron chi connectivity index (χ0n) is 10.7. The van der Waals surface area contributed by atoms with E-state index in [9.17, 15) is 5.11 Å². The Kier molecular flexibility index (Phi) is 6.01. The minimum Gasteiger partial charge on any atom is -0.508 e. The molecule has 0 aliphatic rings. The Morgan fingerprint density at radius 1 is 1.24 bits per heavy atom. The van der Waals surface area contributed by atoms with Crippen LogP contribution in [-0.4, -0.2) is 23.4 Å². The van der Waals surface area contributed by atoms with Crippen molar-refractivity contribution in [3.8, 4) is 5.75 Å². The first kappa shape index (κ1) is 14.0. The summed E-state index contributed by atoms with van der Waals surface area (Å²) in [5, 5.41) is 22.0. The molecule has 0 aliphatic carbocycles. The molecule has 0 amide bonds. The van der Waals surface area contributed by atoms with Crippen LogP contribution in [0.15, 0.2) is 24.3 Å². The summed E-state index contributed by atoms with van der Waals surface area (Å²) in [6.45, 7) is 5.26. The molecule has 3 N–H and O–H groups in total. The van der Waals surface area contributed by atoms with Gasteiger partial charge in [-0.2, -0.15) is 0 Å². The van der Waals surface area contributed by atoms with E-state index in [0.29, 0.717) is 11.7 Å². The Balaban J connectivity index is 2.30. The van der Waals surface area contributed by atoms with Crippen LogP contribution in [0.25, 0.3) is 0 Å². The van der Waals surface area contributed by atoms with Crippen molar-refractivity contribution in [3.05, 3.63) is 29.8 Å². The molecule has 3 heteroatoms. The number of aliphatic hydroxyl groups excluding tert-OH is 1. The summed E-state index contributed by atoms with van der Waals surface area (Å²) >= 11 is 0. The van der Waals surface area contributed by atoms with Gasteiger partial charge in [-0.3, -0.25) is 0 Å². The monoisotopic (exact) mass is 237 g/mol. The Morgan fingerprint density at radius 2 is 1.94 bits per heavy atom. The lowest BCUT2D eigenvalue weighted by Gasteiger charge is -2.16. The van der Waals surface area contributed by atoms with Crippen molar-refractivity contribution in [2.75, 3.05) is 13.2 Å². The minimum atomic E-state index is 0.153. The van der Waals surface area contributed by atoms with Crippen molar-refractivity contribution in [2.45, 2.75) is 32.7 Å². The molecule has 1 aromatic rings. The molecule has 2 unspecified atom stereocenters. The third-order valence-electron chi connectivity index (χ3n) is 3.04. The standard InChI is InChI=1S/C14H23NO2/c1-11(10-16)6-5-9-15-12(2)13-7-3-4-8-14(13)17/h3-4,7-8,11-12,15-17H,5-6,9-10H2,1-2H3. The molecule has 2 atom stereocenters. The van der Waals surface area contributed by atoms with E-state index in [0.717, 1.165) is 24.9 Å². The number of para-hydroxylation sites is 1. The van der Waals surface area contributed by atoms with Gasteiger partial charge in [-0.15, -0.1) is 0 Å². The number of phenols is 1. The zero-order chi connectivity index (χ0) is 12.7. The van der Waals surface area contributed by atoms with Gasteiger partial charge in [0.1, 0.15) is 5.75 Å². The van der Waals surface area contributed by atoms with Gasteiger partial charge in [-0.05, 0) is 38.3 Å². The molecule has 96 valence electrons. The number of aliphatic hydroxyl groups is 1. The number of nitrogens with one attached hydrogen (secondary N) is 1. The van der Waals surface area contributed by atoms with Crippen LogP contribution in [0.3, 0.4) is 0 Å². The molecule has 0 saturated carbocycles. The molecule has 0 bridgehead atoms. The van der Waals surface area contributed by atoms with Gasteiger partial charge in [0, 0.05) is 18.2 Å².